The summed E-state index contributed by atoms with van der Waals surface area (Å²) in [4.78, 5) is 23.4. The Hall–Kier alpha value is -1.39. The van der Waals surface area contributed by atoms with E-state index in [1.807, 2.05) is 13.8 Å². The quantitative estimate of drug-likeness (QED) is 0.786. The highest BCUT2D eigenvalue weighted by Crippen LogP contribution is 2.09. The van der Waals surface area contributed by atoms with E-state index in [2.05, 4.69) is 10.6 Å². The van der Waals surface area contributed by atoms with Gasteiger partial charge in [0.2, 0.25) is 0 Å². The summed E-state index contributed by atoms with van der Waals surface area (Å²) in [6.07, 6.45) is 0. The van der Waals surface area contributed by atoms with Crippen LogP contribution in [0.2, 0.25) is 0 Å². The van der Waals surface area contributed by atoms with Gasteiger partial charge in [-0.2, -0.15) is 0 Å². The van der Waals surface area contributed by atoms with Crippen molar-refractivity contribution in [2.24, 2.45) is 0 Å². The van der Waals surface area contributed by atoms with E-state index in [0.717, 1.165) is 6.54 Å². The minimum Gasteiger partial charge on any atom is -0.350 e. The smallest absolute Gasteiger partial charge is 0.252 e. The molecule has 1 aromatic carbocycles. The minimum atomic E-state index is -0.203. The van der Waals surface area contributed by atoms with Crippen LogP contribution < -0.4 is 10.6 Å². The summed E-state index contributed by atoms with van der Waals surface area (Å²) in [7, 11) is 0. The van der Waals surface area contributed by atoms with Crippen molar-refractivity contribution in [3.05, 3.63) is 35.4 Å². The molecule has 1 amide bonds. The first-order chi connectivity index (χ1) is 8.56. The van der Waals surface area contributed by atoms with Crippen molar-refractivity contribution in [1.82, 2.24) is 10.6 Å². The number of ketones is 1. The van der Waals surface area contributed by atoms with Gasteiger partial charge in [-0.1, -0.05) is 25.1 Å². The van der Waals surface area contributed by atoms with Gasteiger partial charge < -0.3 is 10.6 Å². The fourth-order valence-corrected chi connectivity index (χ4v) is 1.75. The second-order valence-electron chi connectivity index (χ2n) is 4.27. The Balaban J connectivity index is 0.00000324. The lowest BCUT2D eigenvalue weighted by Gasteiger charge is -2.14. The SMILES string of the molecule is CCN[C@H](C)CNC(=O)c1ccccc1C(C)=O.Cl. The molecule has 0 unspecified atom stereocenters. The molecule has 0 spiro atoms. The maximum atomic E-state index is 12.0. The molecule has 0 fully saturated rings. The second-order valence-corrected chi connectivity index (χ2v) is 4.27. The molecule has 0 radical (unpaired) electrons. The number of hydrogen-bond donors (Lipinski definition) is 2. The van der Waals surface area contributed by atoms with Crippen molar-refractivity contribution in [1.29, 1.82) is 0 Å². The van der Waals surface area contributed by atoms with E-state index in [1.165, 1.54) is 6.92 Å². The molecule has 0 aliphatic heterocycles. The Morgan fingerprint density at radius 3 is 2.32 bits per heavy atom. The highest BCUT2D eigenvalue weighted by atomic mass is 35.5. The normalized spacial score (nSPS) is 11.3. The number of Topliss-reactive ketones (excluding diaryl/α,β-unsaturated/α-hetero) is 1. The van der Waals surface area contributed by atoms with Crippen LogP contribution in [0.3, 0.4) is 0 Å². The van der Waals surface area contributed by atoms with Gasteiger partial charge in [-0.15, -0.1) is 12.4 Å². The first-order valence-corrected chi connectivity index (χ1v) is 6.17. The number of hydrogen-bond acceptors (Lipinski definition) is 3. The summed E-state index contributed by atoms with van der Waals surface area (Å²) in [5.74, 6) is -0.300. The molecule has 0 aromatic heterocycles. The van der Waals surface area contributed by atoms with E-state index in [0.29, 0.717) is 17.7 Å². The summed E-state index contributed by atoms with van der Waals surface area (Å²) < 4.78 is 0. The van der Waals surface area contributed by atoms with Crippen molar-refractivity contribution in [3.8, 4) is 0 Å². The molecule has 4 nitrogen and oxygen atoms in total. The lowest BCUT2D eigenvalue weighted by atomic mass is 10.0. The Bertz CT molecular complexity index is 435. The molecule has 1 atom stereocenters. The van der Waals surface area contributed by atoms with Crippen LogP contribution >= 0.6 is 12.4 Å². The van der Waals surface area contributed by atoms with Crippen molar-refractivity contribution in [3.63, 3.8) is 0 Å². The Labute approximate surface area is 120 Å². The lowest BCUT2D eigenvalue weighted by molar-refractivity contribution is 0.0936. The van der Waals surface area contributed by atoms with Crippen molar-refractivity contribution >= 4 is 24.1 Å². The Morgan fingerprint density at radius 1 is 1.21 bits per heavy atom. The zero-order valence-corrected chi connectivity index (χ0v) is 12.3. The van der Waals surface area contributed by atoms with E-state index >= 15 is 0 Å². The van der Waals surface area contributed by atoms with Gasteiger partial charge in [-0.25, -0.2) is 0 Å². The summed E-state index contributed by atoms with van der Waals surface area (Å²) in [5.41, 5.74) is 0.903. The standard InChI is InChI=1S/C14H20N2O2.ClH/c1-4-15-10(2)9-16-14(18)13-8-6-5-7-12(13)11(3)17;/h5-8,10,15H,4,9H2,1-3H3,(H,16,18);1H/t10-;/m1./s1. The number of carbonyl (C=O) groups is 2. The van der Waals surface area contributed by atoms with E-state index < -0.39 is 0 Å². The first kappa shape index (κ1) is 17.6. The molecule has 19 heavy (non-hydrogen) atoms. The molecule has 106 valence electrons. The molecule has 0 saturated carbocycles. The van der Waals surface area contributed by atoms with Crippen LogP contribution in [0.1, 0.15) is 41.5 Å². The van der Waals surface area contributed by atoms with Crippen LogP contribution in [0.15, 0.2) is 24.3 Å². The fourth-order valence-electron chi connectivity index (χ4n) is 1.75. The minimum absolute atomic E-state index is 0. The summed E-state index contributed by atoms with van der Waals surface area (Å²) >= 11 is 0. The molecular weight excluding hydrogens is 264 g/mol. The largest absolute Gasteiger partial charge is 0.350 e. The molecule has 0 saturated heterocycles. The van der Waals surface area contributed by atoms with Gasteiger partial charge in [-0.05, 0) is 26.5 Å². The monoisotopic (exact) mass is 284 g/mol. The van der Waals surface area contributed by atoms with E-state index in [1.54, 1.807) is 24.3 Å². The third-order valence-corrected chi connectivity index (χ3v) is 2.67. The maximum Gasteiger partial charge on any atom is 0.252 e. The predicted octanol–water partition coefficient (Wildman–Crippen LogP) is 2.04. The van der Waals surface area contributed by atoms with Crippen LogP contribution in [0.5, 0.6) is 0 Å². The third kappa shape index (κ3) is 5.41. The van der Waals surface area contributed by atoms with Crippen molar-refractivity contribution < 1.29 is 9.59 Å². The first-order valence-electron chi connectivity index (χ1n) is 6.17. The second kappa shape index (κ2) is 8.67. The van der Waals surface area contributed by atoms with Crippen LogP contribution in [0.4, 0.5) is 0 Å². The molecule has 1 rings (SSSR count). The highest BCUT2D eigenvalue weighted by molar-refractivity contribution is 6.07. The van der Waals surface area contributed by atoms with E-state index in [9.17, 15) is 9.59 Å². The Kier molecular flexibility index (Phi) is 8.03. The molecule has 2 N–H and O–H groups in total. The van der Waals surface area contributed by atoms with Crippen molar-refractivity contribution in [2.45, 2.75) is 26.8 Å². The molecule has 1 aromatic rings. The van der Waals surface area contributed by atoms with Gasteiger partial charge in [0.15, 0.2) is 5.78 Å². The molecule has 0 aliphatic rings. The van der Waals surface area contributed by atoms with Gasteiger partial charge in [0.25, 0.3) is 5.91 Å². The van der Waals surface area contributed by atoms with Gasteiger partial charge in [0.1, 0.15) is 0 Å². The average Bonchev–Trinajstić information content (AvgIpc) is 2.36. The van der Waals surface area contributed by atoms with Crippen LogP contribution in [0, 0.1) is 0 Å². The fraction of sp³-hybridized carbons (Fsp3) is 0.429. The molecule has 0 bridgehead atoms. The Morgan fingerprint density at radius 2 is 1.79 bits per heavy atom. The number of likely N-dealkylation sites (N-methyl/N-ethyl adjacent to an activating group) is 1. The van der Waals surface area contributed by atoms with Gasteiger partial charge in [-0.3, -0.25) is 9.59 Å². The maximum absolute atomic E-state index is 12.0. The molecule has 5 heteroatoms. The lowest BCUT2D eigenvalue weighted by Crippen LogP contribution is -2.39. The van der Waals surface area contributed by atoms with Crippen LogP contribution in [0.25, 0.3) is 0 Å². The van der Waals surface area contributed by atoms with E-state index in [-0.39, 0.29) is 30.1 Å². The van der Waals surface area contributed by atoms with Crippen LogP contribution in [-0.2, 0) is 0 Å². The number of benzene rings is 1. The summed E-state index contributed by atoms with van der Waals surface area (Å²) in [5, 5.41) is 6.03. The molecular formula is C14H21ClN2O2. The van der Waals surface area contributed by atoms with Gasteiger partial charge >= 0.3 is 0 Å². The zero-order chi connectivity index (χ0) is 13.5. The summed E-state index contributed by atoms with van der Waals surface area (Å²) in [6, 6.07) is 7.07. The van der Waals surface area contributed by atoms with Gasteiger partial charge in [0.05, 0.1) is 5.56 Å². The number of amides is 1. The highest BCUT2D eigenvalue weighted by Gasteiger charge is 2.13. The number of halogens is 1. The zero-order valence-electron chi connectivity index (χ0n) is 11.5. The number of nitrogens with one attached hydrogen (secondary N) is 2. The molecule has 0 heterocycles. The molecule has 0 aliphatic carbocycles. The predicted molar refractivity (Wildman–Crippen MR) is 79.2 cm³/mol. The third-order valence-electron chi connectivity index (χ3n) is 2.67. The number of carbonyl (C=O) groups excluding carboxylic acids is 2. The number of rotatable bonds is 6. The summed E-state index contributed by atoms with van der Waals surface area (Å²) in [6.45, 7) is 6.89. The van der Waals surface area contributed by atoms with E-state index in [4.69, 9.17) is 0 Å². The van der Waals surface area contributed by atoms with Crippen LogP contribution in [-0.4, -0.2) is 30.8 Å². The average molecular weight is 285 g/mol. The topological polar surface area (TPSA) is 58.2 Å². The van der Waals surface area contributed by atoms with Crippen molar-refractivity contribution in [2.75, 3.05) is 13.1 Å². The van der Waals surface area contributed by atoms with Gasteiger partial charge in [0, 0.05) is 18.2 Å².